The largest absolute Gasteiger partial charge is 0.461 e. The number of aromatic nitrogens is 4. The van der Waals surface area contributed by atoms with Crippen molar-refractivity contribution < 1.29 is 22.0 Å². The molecule has 13 heavy (non-hydrogen) atoms. The van der Waals surface area contributed by atoms with Crippen LogP contribution < -0.4 is 0 Å². The molecule has 1 heterocycles. The average molecular weight is 202 g/mol. The molecule has 1 rings (SSSR count). The first-order chi connectivity index (χ1) is 5.75. The molecule has 0 amide bonds. The lowest BCUT2D eigenvalue weighted by atomic mass is 10.3. The van der Waals surface area contributed by atoms with E-state index >= 15 is 0 Å². The molecule has 9 heteroatoms. The first kappa shape index (κ1) is 9.81. The van der Waals surface area contributed by atoms with Crippen molar-refractivity contribution in [3.8, 4) is 0 Å². The van der Waals surface area contributed by atoms with Crippen molar-refractivity contribution in [2.24, 2.45) is 7.05 Å². The summed E-state index contributed by atoms with van der Waals surface area (Å²) in [5.41, 5.74) is 0. The fourth-order valence-corrected chi connectivity index (χ4v) is 0.537. The second-order valence-corrected chi connectivity index (χ2v) is 2.17. The van der Waals surface area contributed by atoms with Crippen LogP contribution >= 0.6 is 0 Å². The van der Waals surface area contributed by atoms with Gasteiger partial charge in [0.1, 0.15) is 0 Å². The van der Waals surface area contributed by atoms with Gasteiger partial charge in [0, 0.05) is 0 Å². The van der Waals surface area contributed by atoms with Gasteiger partial charge in [-0.2, -0.15) is 26.7 Å². The van der Waals surface area contributed by atoms with Gasteiger partial charge in [0.15, 0.2) is 0 Å². The second kappa shape index (κ2) is 2.60. The van der Waals surface area contributed by atoms with E-state index in [0.717, 1.165) is 7.05 Å². The van der Waals surface area contributed by atoms with E-state index in [1.807, 2.05) is 0 Å². The van der Waals surface area contributed by atoms with Crippen LogP contribution in [0.4, 0.5) is 22.0 Å². The highest BCUT2D eigenvalue weighted by Gasteiger charge is 2.62. The molecule has 0 atom stereocenters. The Morgan fingerprint density at radius 1 is 1.15 bits per heavy atom. The predicted octanol–water partition coefficient (Wildman–Crippen LogP) is 0.864. The summed E-state index contributed by atoms with van der Waals surface area (Å²) in [5, 5.41) is 8.23. The molecule has 0 N–H and O–H groups in total. The van der Waals surface area contributed by atoms with E-state index in [1.54, 1.807) is 0 Å². The Labute approximate surface area is 68.3 Å². The van der Waals surface area contributed by atoms with Crippen LogP contribution in [0.3, 0.4) is 0 Å². The summed E-state index contributed by atoms with van der Waals surface area (Å²) >= 11 is 0. The minimum atomic E-state index is -5.70. The summed E-state index contributed by atoms with van der Waals surface area (Å²) in [6.45, 7) is 0. The summed E-state index contributed by atoms with van der Waals surface area (Å²) in [7, 11) is 1.09. The highest BCUT2D eigenvalue weighted by molar-refractivity contribution is 4.95. The Balaban J connectivity index is 3.07. The highest BCUT2D eigenvalue weighted by atomic mass is 19.4. The van der Waals surface area contributed by atoms with Gasteiger partial charge in [0.2, 0.25) is 0 Å². The van der Waals surface area contributed by atoms with Gasteiger partial charge in [0.05, 0.1) is 7.05 Å². The van der Waals surface area contributed by atoms with Gasteiger partial charge in [-0.05, 0) is 5.21 Å². The lowest BCUT2D eigenvalue weighted by Crippen LogP contribution is -2.34. The standard InChI is InChI=1S/C4H3F5N4/c1-13-11-2(10-12-13)3(5,6)4(7,8)9/h1H3. The Hall–Kier alpha value is -1.28. The van der Waals surface area contributed by atoms with E-state index in [4.69, 9.17) is 0 Å². The lowest BCUT2D eigenvalue weighted by Gasteiger charge is -2.14. The SMILES string of the molecule is Cn1nnc(C(F)(F)C(F)(F)F)n1. The number of hydrogen-bond acceptors (Lipinski definition) is 3. The van der Waals surface area contributed by atoms with Crippen molar-refractivity contribution in [1.82, 2.24) is 20.2 Å². The fraction of sp³-hybridized carbons (Fsp3) is 0.750. The third-order valence-corrected chi connectivity index (χ3v) is 1.15. The molecule has 1 aromatic rings. The van der Waals surface area contributed by atoms with Crippen LogP contribution in [0.25, 0.3) is 0 Å². The van der Waals surface area contributed by atoms with Crippen LogP contribution in [-0.4, -0.2) is 26.4 Å². The molecule has 1 aromatic heterocycles. The molecular formula is C4H3F5N4. The molecule has 0 radical (unpaired) electrons. The van der Waals surface area contributed by atoms with Gasteiger partial charge in [-0.15, -0.1) is 10.2 Å². The highest BCUT2D eigenvalue weighted by Crippen LogP contribution is 2.41. The Kier molecular flexibility index (Phi) is 1.96. The first-order valence-corrected chi connectivity index (χ1v) is 2.94. The number of tetrazole rings is 1. The number of alkyl halides is 5. The maximum atomic E-state index is 12.4. The van der Waals surface area contributed by atoms with E-state index in [-0.39, 0.29) is 0 Å². The number of halogens is 5. The van der Waals surface area contributed by atoms with Crippen molar-refractivity contribution in [3.05, 3.63) is 5.82 Å². The molecule has 74 valence electrons. The molecule has 4 nitrogen and oxygen atoms in total. The van der Waals surface area contributed by atoms with Gasteiger partial charge in [-0.1, -0.05) is 0 Å². The minimum absolute atomic E-state index is 0.523. The molecule has 0 aliphatic rings. The van der Waals surface area contributed by atoms with Gasteiger partial charge < -0.3 is 0 Å². The van der Waals surface area contributed by atoms with E-state index in [2.05, 4.69) is 15.4 Å². The Morgan fingerprint density at radius 3 is 2.00 bits per heavy atom. The zero-order chi connectivity index (χ0) is 10.3. The maximum absolute atomic E-state index is 12.4. The van der Waals surface area contributed by atoms with Gasteiger partial charge in [0.25, 0.3) is 5.82 Å². The normalized spacial score (nSPS) is 13.4. The van der Waals surface area contributed by atoms with Gasteiger partial charge in [-0.3, -0.25) is 0 Å². The average Bonchev–Trinajstić information content (AvgIpc) is 2.33. The molecule has 0 bridgehead atoms. The molecule has 0 aliphatic heterocycles. The van der Waals surface area contributed by atoms with Crippen LogP contribution in [0.15, 0.2) is 0 Å². The minimum Gasteiger partial charge on any atom is -0.187 e. The molecule has 0 aliphatic carbocycles. The fourth-order valence-electron chi connectivity index (χ4n) is 0.537. The van der Waals surface area contributed by atoms with Crippen LogP contribution in [0.2, 0.25) is 0 Å². The lowest BCUT2D eigenvalue weighted by molar-refractivity contribution is -0.292. The topological polar surface area (TPSA) is 43.6 Å². The smallest absolute Gasteiger partial charge is 0.187 e. The summed E-state index contributed by atoms with van der Waals surface area (Å²) in [6.07, 6.45) is -5.70. The quantitative estimate of drug-likeness (QED) is 0.634. The Bertz CT molecular complexity index is 302. The molecule has 0 saturated heterocycles. The van der Waals surface area contributed by atoms with E-state index in [0.29, 0.717) is 4.80 Å². The number of nitrogens with zero attached hydrogens (tertiary/aromatic N) is 4. The zero-order valence-electron chi connectivity index (χ0n) is 6.18. The monoisotopic (exact) mass is 202 g/mol. The molecule has 0 fully saturated rings. The van der Waals surface area contributed by atoms with Crippen molar-refractivity contribution >= 4 is 0 Å². The second-order valence-electron chi connectivity index (χ2n) is 2.17. The molecule has 0 spiro atoms. The molecule has 0 unspecified atom stereocenters. The number of aryl methyl sites for hydroxylation is 1. The van der Waals surface area contributed by atoms with Gasteiger partial charge in [-0.25, -0.2) is 0 Å². The third kappa shape index (κ3) is 1.58. The summed E-state index contributed by atoms with van der Waals surface area (Å²) in [5.74, 6) is -6.70. The number of hydrogen-bond donors (Lipinski definition) is 0. The van der Waals surface area contributed by atoms with E-state index < -0.39 is 17.9 Å². The maximum Gasteiger partial charge on any atom is 0.461 e. The van der Waals surface area contributed by atoms with E-state index in [1.165, 1.54) is 0 Å². The predicted molar refractivity (Wildman–Crippen MR) is 28.7 cm³/mol. The van der Waals surface area contributed by atoms with Crippen LogP contribution in [0, 0.1) is 0 Å². The van der Waals surface area contributed by atoms with Crippen molar-refractivity contribution in [2.75, 3.05) is 0 Å². The van der Waals surface area contributed by atoms with Gasteiger partial charge >= 0.3 is 12.1 Å². The third-order valence-electron chi connectivity index (χ3n) is 1.15. The molecule has 0 aromatic carbocycles. The van der Waals surface area contributed by atoms with Crippen LogP contribution in [0.5, 0.6) is 0 Å². The van der Waals surface area contributed by atoms with Crippen LogP contribution in [0.1, 0.15) is 5.82 Å². The summed E-state index contributed by atoms with van der Waals surface area (Å²) in [4.78, 5) is 0.523. The molecular weight excluding hydrogens is 199 g/mol. The summed E-state index contributed by atoms with van der Waals surface area (Å²) < 4.78 is 59.7. The Morgan fingerprint density at radius 2 is 1.69 bits per heavy atom. The number of rotatable bonds is 1. The first-order valence-electron chi connectivity index (χ1n) is 2.94. The van der Waals surface area contributed by atoms with Crippen LogP contribution in [-0.2, 0) is 13.0 Å². The van der Waals surface area contributed by atoms with Crippen molar-refractivity contribution in [2.45, 2.75) is 12.1 Å². The van der Waals surface area contributed by atoms with E-state index in [9.17, 15) is 22.0 Å². The zero-order valence-corrected chi connectivity index (χ0v) is 6.18. The van der Waals surface area contributed by atoms with Crippen molar-refractivity contribution in [3.63, 3.8) is 0 Å². The molecule has 0 saturated carbocycles. The van der Waals surface area contributed by atoms with Crippen molar-refractivity contribution in [1.29, 1.82) is 0 Å². The summed E-state index contributed by atoms with van der Waals surface area (Å²) in [6, 6.07) is 0.